The average molecular weight is 258 g/mol. The molecule has 3 aromatic heterocycles. The standard InChI is InChI=1S/C13H10N2O2S/c14-12-9(8-3-4-17-7-8)6-10(15-13(12)16)11-2-1-5-18-11/h1-7H,14H2,(H,15,16). The number of furan rings is 1. The molecule has 90 valence electrons. The topological polar surface area (TPSA) is 72.0 Å². The molecule has 18 heavy (non-hydrogen) atoms. The van der Waals surface area contributed by atoms with E-state index in [0.717, 1.165) is 16.1 Å². The number of pyridine rings is 1. The smallest absolute Gasteiger partial charge is 0.272 e. The van der Waals surface area contributed by atoms with Gasteiger partial charge in [0.05, 0.1) is 23.1 Å². The Morgan fingerprint density at radius 1 is 1.33 bits per heavy atom. The summed E-state index contributed by atoms with van der Waals surface area (Å²) in [6.45, 7) is 0. The Morgan fingerprint density at radius 3 is 2.89 bits per heavy atom. The van der Waals surface area contributed by atoms with Crippen molar-refractivity contribution in [2.75, 3.05) is 5.73 Å². The summed E-state index contributed by atoms with van der Waals surface area (Å²) in [5, 5.41) is 1.96. The van der Waals surface area contributed by atoms with E-state index in [0.29, 0.717) is 5.56 Å². The van der Waals surface area contributed by atoms with Crippen LogP contribution >= 0.6 is 11.3 Å². The van der Waals surface area contributed by atoms with Crippen LogP contribution in [0.1, 0.15) is 0 Å². The van der Waals surface area contributed by atoms with Gasteiger partial charge >= 0.3 is 0 Å². The van der Waals surface area contributed by atoms with E-state index in [1.807, 2.05) is 23.6 Å². The van der Waals surface area contributed by atoms with Gasteiger partial charge in [-0.2, -0.15) is 0 Å². The molecule has 3 aromatic rings. The number of nitrogen functional groups attached to an aromatic ring is 1. The molecule has 3 N–H and O–H groups in total. The molecular weight excluding hydrogens is 248 g/mol. The van der Waals surface area contributed by atoms with Gasteiger partial charge in [0.25, 0.3) is 5.56 Å². The second-order valence-electron chi connectivity index (χ2n) is 3.83. The summed E-state index contributed by atoms with van der Waals surface area (Å²) < 4.78 is 5.03. The van der Waals surface area contributed by atoms with Crippen molar-refractivity contribution in [3.8, 4) is 21.7 Å². The predicted molar refractivity (Wildman–Crippen MR) is 72.5 cm³/mol. The molecule has 0 bridgehead atoms. The van der Waals surface area contributed by atoms with Crippen LogP contribution in [0.15, 0.2) is 51.4 Å². The van der Waals surface area contributed by atoms with Gasteiger partial charge < -0.3 is 15.1 Å². The second kappa shape index (κ2) is 4.19. The number of aromatic nitrogens is 1. The third-order valence-corrected chi connectivity index (χ3v) is 3.59. The summed E-state index contributed by atoms with van der Waals surface area (Å²) in [5.41, 5.74) is 8.00. The lowest BCUT2D eigenvalue weighted by molar-refractivity contribution is 0.568. The van der Waals surface area contributed by atoms with Crippen LogP contribution in [0, 0.1) is 0 Å². The molecule has 0 aromatic carbocycles. The number of anilines is 1. The summed E-state index contributed by atoms with van der Waals surface area (Å²) in [6.07, 6.45) is 3.13. The lowest BCUT2D eigenvalue weighted by Gasteiger charge is -2.05. The fourth-order valence-corrected chi connectivity index (χ4v) is 2.49. The molecule has 5 heteroatoms. The molecule has 0 aliphatic heterocycles. The van der Waals surface area contributed by atoms with Gasteiger partial charge in [-0.05, 0) is 23.6 Å². The average Bonchev–Trinajstić information content (AvgIpc) is 3.03. The minimum atomic E-state index is -0.280. The lowest BCUT2D eigenvalue weighted by Crippen LogP contribution is -2.13. The van der Waals surface area contributed by atoms with Crippen LogP contribution in [0.5, 0.6) is 0 Å². The molecule has 0 aliphatic carbocycles. The fraction of sp³-hybridized carbons (Fsp3) is 0. The zero-order chi connectivity index (χ0) is 12.5. The second-order valence-corrected chi connectivity index (χ2v) is 4.78. The van der Waals surface area contributed by atoms with E-state index < -0.39 is 0 Å². The van der Waals surface area contributed by atoms with Crippen molar-refractivity contribution in [2.24, 2.45) is 0 Å². The maximum absolute atomic E-state index is 11.8. The van der Waals surface area contributed by atoms with Gasteiger partial charge in [0.15, 0.2) is 0 Å². The third kappa shape index (κ3) is 1.74. The third-order valence-electron chi connectivity index (χ3n) is 2.69. The van der Waals surface area contributed by atoms with Crippen LogP contribution in [0.3, 0.4) is 0 Å². The minimum absolute atomic E-state index is 0.205. The van der Waals surface area contributed by atoms with Crippen molar-refractivity contribution in [2.45, 2.75) is 0 Å². The first-order chi connectivity index (χ1) is 8.75. The quantitative estimate of drug-likeness (QED) is 0.742. The van der Waals surface area contributed by atoms with E-state index in [9.17, 15) is 4.79 Å². The summed E-state index contributed by atoms with van der Waals surface area (Å²) in [4.78, 5) is 15.6. The maximum Gasteiger partial charge on any atom is 0.272 e. The highest BCUT2D eigenvalue weighted by molar-refractivity contribution is 7.13. The summed E-state index contributed by atoms with van der Waals surface area (Å²) in [6, 6.07) is 7.54. The Balaban J connectivity index is 2.24. The molecule has 3 rings (SSSR count). The van der Waals surface area contributed by atoms with Crippen molar-refractivity contribution in [3.63, 3.8) is 0 Å². The molecule has 0 aliphatic rings. The Bertz CT molecular complexity index is 712. The van der Waals surface area contributed by atoms with Crippen LogP contribution in [0.4, 0.5) is 5.69 Å². The zero-order valence-electron chi connectivity index (χ0n) is 9.34. The number of hydrogen-bond acceptors (Lipinski definition) is 4. The molecular formula is C13H10N2O2S. The Hall–Kier alpha value is -2.27. The summed E-state index contributed by atoms with van der Waals surface area (Å²) in [7, 11) is 0. The van der Waals surface area contributed by atoms with Gasteiger partial charge in [-0.1, -0.05) is 6.07 Å². The Morgan fingerprint density at radius 2 is 2.22 bits per heavy atom. The number of nitrogens with two attached hydrogens (primary N) is 1. The molecule has 0 unspecified atom stereocenters. The number of thiophene rings is 1. The summed E-state index contributed by atoms with van der Waals surface area (Å²) >= 11 is 1.56. The Kier molecular flexibility index (Phi) is 2.53. The van der Waals surface area contributed by atoms with Crippen molar-refractivity contribution in [3.05, 3.63) is 52.5 Å². The molecule has 0 saturated heterocycles. The zero-order valence-corrected chi connectivity index (χ0v) is 10.2. The fourth-order valence-electron chi connectivity index (χ4n) is 1.79. The molecule has 0 radical (unpaired) electrons. The number of hydrogen-bond donors (Lipinski definition) is 2. The summed E-state index contributed by atoms with van der Waals surface area (Å²) in [5.74, 6) is 0. The van der Waals surface area contributed by atoms with Gasteiger partial charge in [0.1, 0.15) is 5.69 Å². The van der Waals surface area contributed by atoms with Crippen LogP contribution in [0.25, 0.3) is 21.7 Å². The monoisotopic (exact) mass is 258 g/mol. The van der Waals surface area contributed by atoms with Crippen LogP contribution < -0.4 is 11.3 Å². The van der Waals surface area contributed by atoms with Crippen molar-refractivity contribution >= 4 is 17.0 Å². The van der Waals surface area contributed by atoms with Crippen molar-refractivity contribution in [1.29, 1.82) is 0 Å². The predicted octanol–water partition coefficient (Wildman–Crippen LogP) is 2.95. The number of rotatable bonds is 2. The first-order valence-corrected chi connectivity index (χ1v) is 6.23. The van der Waals surface area contributed by atoms with Gasteiger partial charge in [0, 0.05) is 11.1 Å². The molecule has 3 heterocycles. The van der Waals surface area contributed by atoms with E-state index in [-0.39, 0.29) is 11.2 Å². The van der Waals surface area contributed by atoms with Gasteiger partial charge in [0.2, 0.25) is 0 Å². The van der Waals surface area contributed by atoms with Crippen LogP contribution in [-0.4, -0.2) is 4.98 Å². The highest BCUT2D eigenvalue weighted by Crippen LogP contribution is 2.29. The molecule has 0 fully saturated rings. The van der Waals surface area contributed by atoms with E-state index in [2.05, 4.69) is 4.98 Å². The largest absolute Gasteiger partial charge is 0.472 e. The normalized spacial score (nSPS) is 10.7. The number of aromatic amines is 1. The molecule has 0 atom stereocenters. The molecule has 0 saturated carbocycles. The van der Waals surface area contributed by atoms with Crippen molar-refractivity contribution in [1.82, 2.24) is 4.98 Å². The van der Waals surface area contributed by atoms with Crippen molar-refractivity contribution < 1.29 is 4.42 Å². The SMILES string of the molecule is Nc1c(-c2ccoc2)cc(-c2cccs2)[nH]c1=O. The van der Waals surface area contributed by atoms with E-state index >= 15 is 0 Å². The van der Waals surface area contributed by atoms with Gasteiger partial charge in [-0.25, -0.2) is 0 Å². The van der Waals surface area contributed by atoms with Crippen LogP contribution in [0.2, 0.25) is 0 Å². The number of H-pyrrole nitrogens is 1. The minimum Gasteiger partial charge on any atom is -0.472 e. The van der Waals surface area contributed by atoms with E-state index in [4.69, 9.17) is 10.2 Å². The first kappa shape index (κ1) is 10.9. The van der Waals surface area contributed by atoms with Gasteiger partial charge in [-0.15, -0.1) is 11.3 Å². The highest BCUT2D eigenvalue weighted by Gasteiger charge is 2.11. The highest BCUT2D eigenvalue weighted by atomic mass is 32.1. The molecule has 0 spiro atoms. The van der Waals surface area contributed by atoms with E-state index in [1.54, 1.807) is 29.9 Å². The number of nitrogens with one attached hydrogen (secondary N) is 1. The molecule has 0 amide bonds. The van der Waals surface area contributed by atoms with Gasteiger partial charge in [-0.3, -0.25) is 4.79 Å². The molecule has 4 nitrogen and oxygen atoms in total. The Labute approximate surface area is 107 Å². The van der Waals surface area contributed by atoms with E-state index in [1.165, 1.54) is 0 Å². The lowest BCUT2D eigenvalue weighted by atomic mass is 10.1. The first-order valence-electron chi connectivity index (χ1n) is 5.35. The van der Waals surface area contributed by atoms with Crippen LogP contribution in [-0.2, 0) is 0 Å². The maximum atomic E-state index is 11.8.